The topological polar surface area (TPSA) is 78.1 Å². The summed E-state index contributed by atoms with van der Waals surface area (Å²) in [4.78, 5) is 25.4. The van der Waals surface area contributed by atoms with Crippen molar-refractivity contribution < 1.29 is 8.78 Å². The molecule has 0 aliphatic carbocycles. The van der Waals surface area contributed by atoms with Crippen molar-refractivity contribution in [2.45, 2.75) is 13.8 Å². The molecule has 0 atom stereocenters. The van der Waals surface area contributed by atoms with E-state index in [2.05, 4.69) is 50.7 Å². The van der Waals surface area contributed by atoms with Crippen LogP contribution in [0.2, 0.25) is 0 Å². The number of thiol groups is 1. The Morgan fingerprint density at radius 1 is 1.18 bits per heavy atom. The van der Waals surface area contributed by atoms with Gasteiger partial charge in [-0.05, 0) is 41.4 Å². The Labute approximate surface area is 140 Å². The van der Waals surface area contributed by atoms with Gasteiger partial charge in [0.15, 0.2) is 11.6 Å². The van der Waals surface area contributed by atoms with Gasteiger partial charge in [-0.1, -0.05) is 0 Å². The number of pyridine rings is 2. The van der Waals surface area contributed by atoms with Crippen molar-refractivity contribution >= 4 is 36.4 Å². The third-order valence-electron chi connectivity index (χ3n) is 2.31. The van der Waals surface area contributed by atoms with Crippen LogP contribution in [-0.2, 0) is 0 Å². The maximum absolute atomic E-state index is 12.6. The van der Waals surface area contributed by atoms with Crippen molar-refractivity contribution in [3.05, 3.63) is 66.4 Å². The van der Waals surface area contributed by atoms with Crippen LogP contribution in [0, 0.1) is 25.5 Å². The van der Waals surface area contributed by atoms with E-state index in [-0.39, 0.29) is 0 Å². The van der Waals surface area contributed by atoms with E-state index in [1.807, 2.05) is 0 Å². The molecule has 2 N–H and O–H groups in total. The molecule has 1 radical (unpaired) electrons. The molecule has 0 amide bonds. The molecule has 0 saturated carbocycles. The third-order valence-corrected chi connectivity index (χ3v) is 3.13. The van der Waals surface area contributed by atoms with Gasteiger partial charge in [-0.2, -0.15) is 0 Å². The number of hydrogen-bond donors (Lipinski definition) is 3. The second-order valence-electron chi connectivity index (χ2n) is 3.82. The average molecular weight is 391 g/mol. The van der Waals surface area contributed by atoms with E-state index in [1.165, 1.54) is 25.4 Å². The summed E-state index contributed by atoms with van der Waals surface area (Å²) in [6.45, 7) is 3.08. The fraction of sp³-hybridized carbons (Fsp3) is 0.167. The molecular formula is C12H12BBrF2N3O2S. The number of H-pyrrole nitrogens is 2. The zero-order valence-electron chi connectivity index (χ0n) is 11.7. The molecule has 0 aromatic carbocycles. The summed E-state index contributed by atoms with van der Waals surface area (Å²) in [6.07, 6.45) is 2.83. The van der Waals surface area contributed by atoms with Gasteiger partial charge in [0.25, 0.3) is 11.1 Å². The normalized spacial score (nSPS) is 8.95. The SMILES string of the molecule is Cc1c(Br)c[nH]c(=O)c1F.Cc1cc[nH]c(=O)c1F.[B]=NS. The molecule has 0 fully saturated rings. The van der Waals surface area contributed by atoms with Gasteiger partial charge >= 0.3 is 24.8 Å². The van der Waals surface area contributed by atoms with Gasteiger partial charge in [-0.25, -0.2) is 8.78 Å². The molecule has 0 aliphatic heterocycles. The molecule has 0 saturated heterocycles. The predicted octanol–water partition coefficient (Wildman–Crippen LogP) is 2.59. The molecule has 2 aromatic rings. The summed E-state index contributed by atoms with van der Waals surface area (Å²) in [5, 5.41) is 0. The number of nitrogens with one attached hydrogen (secondary N) is 2. The monoisotopic (exact) mass is 390 g/mol. The minimum atomic E-state index is -0.727. The van der Waals surface area contributed by atoms with E-state index in [9.17, 15) is 18.4 Å². The Morgan fingerprint density at radius 3 is 2.09 bits per heavy atom. The van der Waals surface area contributed by atoms with E-state index >= 15 is 0 Å². The second-order valence-corrected chi connectivity index (χ2v) is 4.91. The van der Waals surface area contributed by atoms with Gasteiger partial charge in [0, 0.05) is 22.4 Å². The van der Waals surface area contributed by atoms with Crippen LogP contribution in [0.4, 0.5) is 8.78 Å². The van der Waals surface area contributed by atoms with Crippen molar-refractivity contribution in [2.24, 2.45) is 4.30 Å². The summed E-state index contributed by atoms with van der Waals surface area (Å²) >= 11 is 6.26. The Morgan fingerprint density at radius 2 is 1.68 bits per heavy atom. The van der Waals surface area contributed by atoms with Crippen LogP contribution in [-0.4, -0.2) is 17.6 Å². The first-order valence-electron chi connectivity index (χ1n) is 5.67. The summed E-state index contributed by atoms with van der Waals surface area (Å²) in [7, 11) is 4.34. The number of rotatable bonds is 0. The number of aromatic amines is 2. The van der Waals surface area contributed by atoms with Crippen LogP contribution in [0.25, 0.3) is 0 Å². The molecule has 5 nitrogen and oxygen atoms in total. The molecule has 0 unspecified atom stereocenters. The fourth-order valence-electron chi connectivity index (χ4n) is 1.13. The molecule has 2 aromatic heterocycles. The van der Waals surface area contributed by atoms with Crippen molar-refractivity contribution in [3.63, 3.8) is 0 Å². The van der Waals surface area contributed by atoms with Gasteiger partial charge in [0.2, 0.25) is 0 Å². The zero-order chi connectivity index (χ0) is 17.3. The Bertz CT molecular complexity index is 752. The molecule has 2 rings (SSSR count). The Kier molecular flexibility index (Phi) is 9.51. The third kappa shape index (κ3) is 6.48. The Balaban J connectivity index is 0.000000342. The summed E-state index contributed by atoms with van der Waals surface area (Å²) in [6, 6.07) is 1.51. The van der Waals surface area contributed by atoms with Crippen LogP contribution in [0.3, 0.4) is 0 Å². The molecular weight excluding hydrogens is 379 g/mol. The first-order chi connectivity index (χ1) is 10.3. The average Bonchev–Trinajstić information content (AvgIpc) is 2.48. The minimum absolute atomic E-state index is 0.337. The predicted molar refractivity (Wildman–Crippen MR) is 88.4 cm³/mol. The van der Waals surface area contributed by atoms with E-state index in [1.54, 1.807) is 6.92 Å². The Hall–Kier alpha value is -1.55. The standard InChI is InChI=1S/C6H5BrFNO.C6H6FNO.BHNS/c1-3-4(7)2-9-6(10)5(3)8;1-4-2-3-8-6(9)5(4)7;1-2-3/h2H,1H3,(H,9,10);2-3H,1H3,(H,8,9);3H. The quantitative estimate of drug-likeness (QED) is 0.477. The number of halogens is 3. The molecule has 22 heavy (non-hydrogen) atoms. The molecule has 2 heterocycles. The van der Waals surface area contributed by atoms with E-state index in [0.717, 1.165) is 0 Å². The van der Waals surface area contributed by atoms with E-state index < -0.39 is 22.8 Å². The summed E-state index contributed by atoms with van der Waals surface area (Å²) in [5.41, 5.74) is -0.627. The molecule has 10 heteroatoms. The summed E-state index contributed by atoms with van der Waals surface area (Å²) in [5.74, 6) is -1.42. The van der Waals surface area contributed by atoms with Gasteiger partial charge < -0.3 is 9.97 Å². The molecule has 0 spiro atoms. The second kappa shape index (κ2) is 10.2. The van der Waals surface area contributed by atoms with Crippen molar-refractivity contribution in [1.29, 1.82) is 0 Å². The zero-order valence-corrected chi connectivity index (χ0v) is 14.1. The van der Waals surface area contributed by atoms with E-state index in [4.69, 9.17) is 0 Å². The number of nitrogens with zero attached hydrogens (tertiary/aromatic N) is 1. The van der Waals surface area contributed by atoms with Crippen molar-refractivity contribution in [1.82, 2.24) is 9.97 Å². The summed E-state index contributed by atoms with van der Waals surface area (Å²) < 4.78 is 28.3. The molecule has 117 valence electrons. The van der Waals surface area contributed by atoms with Crippen molar-refractivity contribution in [3.8, 4) is 0 Å². The maximum atomic E-state index is 12.6. The first-order valence-corrected chi connectivity index (χ1v) is 6.86. The van der Waals surface area contributed by atoms with Crippen LogP contribution in [0.5, 0.6) is 0 Å². The number of aromatic nitrogens is 2. The van der Waals surface area contributed by atoms with Crippen LogP contribution in [0.1, 0.15) is 11.1 Å². The van der Waals surface area contributed by atoms with Gasteiger partial charge in [0.1, 0.15) is 0 Å². The number of hydrogen-bond acceptors (Lipinski definition) is 4. The molecule has 0 aliphatic rings. The van der Waals surface area contributed by atoms with Crippen molar-refractivity contribution in [2.75, 3.05) is 0 Å². The first kappa shape index (κ1) is 20.5. The van der Waals surface area contributed by atoms with Crippen LogP contribution < -0.4 is 11.1 Å². The number of aryl methyl sites for hydroxylation is 1. The molecule has 0 bridgehead atoms. The fourth-order valence-corrected chi connectivity index (χ4v) is 1.42. The van der Waals surface area contributed by atoms with E-state index in [0.29, 0.717) is 15.6 Å². The van der Waals surface area contributed by atoms with Gasteiger partial charge in [-0.15, -0.1) is 0 Å². The van der Waals surface area contributed by atoms with Crippen LogP contribution >= 0.6 is 28.7 Å². The van der Waals surface area contributed by atoms with Crippen LogP contribution in [0.15, 0.2) is 36.8 Å². The van der Waals surface area contributed by atoms with Gasteiger partial charge in [-0.3, -0.25) is 9.59 Å². The van der Waals surface area contributed by atoms with Gasteiger partial charge in [0.05, 0.1) is 0 Å².